The molecule has 1 N–H and O–H groups in total. The Balaban J connectivity index is 2.16. The van der Waals surface area contributed by atoms with Crippen molar-refractivity contribution in [2.24, 2.45) is 5.92 Å². The van der Waals surface area contributed by atoms with Gasteiger partial charge in [0, 0.05) is 18.0 Å². The van der Waals surface area contributed by atoms with Crippen LogP contribution in [0.15, 0.2) is 60.9 Å². The zero-order valence-electron chi connectivity index (χ0n) is 13.7. The van der Waals surface area contributed by atoms with Crippen LogP contribution in [0.1, 0.15) is 25.0 Å². The van der Waals surface area contributed by atoms with Crippen molar-refractivity contribution >= 4 is 10.8 Å². The fourth-order valence-corrected chi connectivity index (χ4v) is 3.01. The summed E-state index contributed by atoms with van der Waals surface area (Å²) in [4.78, 5) is 4.17. The maximum atomic E-state index is 11.4. The highest BCUT2D eigenvalue weighted by Gasteiger charge is 2.35. The molecule has 3 rings (SSSR count). The Bertz CT molecular complexity index is 814. The molecule has 23 heavy (non-hydrogen) atoms. The molecule has 3 nitrogen and oxygen atoms in total. The third-order valence-corrected chi connectivity index (χ3v) is 4.42. The number of ether oxygens (including phenoxy) is 1. The quantitative estimate of drug-likeness (QED) is 0.788. The lowest BCUT2D eigenvalue weighted by Crippen LogP contribution is -2.33. The smallest absolute Gasteiger partial charge is 0.119 e. The van der Waals surface area contributed by atoms with Crippen LogP contribution in [0, 0.1) is 5.92 Å². The molecular formula is C20H21NO2. The van der Waals surface area contributed by atoms with E-state index in [0.29, 0.717) is 0 Å². The first-order chi connectivity index (χ1) is 11.1. The Morgan fingerprint density at radius 3 is 2.39 bits per heavy atom. The van der Waals surface area contributed by atoms with Gasteiger partial charge in [-0.2, -0.15) is 0 Å². The summed E-state index contributed by atoms with van der Waals surface area (Å²) >= 11 is 0. The van der Waals surface area contributed by atoms with Crippen molar-refractivity contribution < 1.29 is 9.84 Å². The van der Waals surface area contributed by atoms with Gasteiger partial charge in [-0.3, -0.25) is 4.98 Å². The second-order valence-corrected chi connectivity index (χ2v) is 6.09. The number of aliphatic hydroxyl groups is 1. The van der Waals surface area contributed by atoms with Crippen LogP contribution in [0.2, 0.25) is 0 Å². The second kappa shape index (κ2) is 6.01. The summed E-state index contributed by atoms with van der Waals surface area (Å²) in [5.41, 5.74) is 0.614. The number of hydrogen-bond donors (Lipinski definition) is 1. The van der Waals surface area contributed by atoms with Gasteiger partial charge in [0.05, 0.1) is 7.11 Å². The molecule has 0 radical (unpaired) electrons. The molecule has 0 saturated carbocycles. The van der Waals surface area contributed by atoms with Crippen LogP contribution in [0.3, 0.4) is 0 Å². The molecule has 1 atom stereocenters. The van der Waals surface area contributed by atoms with Crippen LogP contribution in [0.4, 0.5) is 0 Å². The molecule has 3 aromatic rings. The van der Waals surface area contributed by atoms with Gasteiger partial charge in [-0.15, -0.1) is 0 Å². The number of rotatable bonds is 4. The van der Waals surface area contributed by atoms with Gasteiger partial charge in [-0.1, -0.05) is 38.1 Å². The van der Waals surface area contributed by atoms with Crippen LogP contribution in [-0.4, -0.2) is 17.2 Å². The molecule has 2 aromatic carbocycles. The summed E-state index contributed by atoms with van der Waals surface area (Å²) in [7, 11) is 1.66. The Morgan fingerprint density at radius 1 is 1.00 bits per heavy atom. The van der Waals surface area contributed by atoms with Crippen molar-refractivity contribution in [2.45, 2.75) is 19.4 Å². The highest BCUT2D eigenvalue weighted by atomic mass is 16.5. The predicted octanol–water partition coefficient (Wildman–Crippen LogP) is 4.14. The van der Waals surface area contributed by atoms with E-state index in [2.05, 4.69) is 4.98 Å². The Labute approximate surface area is 136 Å². The number of pyridine rings is 1. The third-order valence-electron chi connectivity index (χ3n) is 4.42. The Hall–Kier alpha value is -2.39. The Morgan fingerprint density at radius 2 is 1.74 bits per heavy atom. The molecular weight excluding hydrogens is 286 g/mol. The standard InChI is InChI=1S/C20H21NO2/c1-14(2)20(22,18-5-4-10-21-13-18)17-8-6-16-12-19(23-3)9-7-15(16)11-17/h4-14,22H,1-3H3. The first-order valence-electron chi connectivity index (χ1n) is 7.77. The van der Waals surface area contributed by atoms with E-state index >= 15 is 0 Å². The van der Waals surface area contributed by atoms with E-state index in [0.717, 1.165) is 27.6 Å². The summed E-state index contributed by atoms with van der Waals surface area (Å²) in [6.45, 7) is 4.04. The Kier molecular flexibility index (Phi) is 4.05. The van der Waals surface area contributed by atoms with E-state index in [1.54, 1.807) is 19.5 Å². The lowest BCUT2D eigenvalue weighted by atomic mass is 9.78. The molecule has 0 amide bonds. The SMILES string of the molecule is COc1ccc2cc(C(O)(c3cccnc3)C(C)C)ccc2c1. The number of benzene rings is 2. The first-order valence-corrected chi connectivity index (χ1v) is 7.77. The molecule has 0 aliphatic rings. The molecule has 3 heteroatoms. The van der Waals surface area contributed by atoms with Gasteiger partial charge in [0.25, 0.3) is 0 Å². The van der Waals surface area contributed by atoms with Crippen LogP contribution < -0.4 is 4.74 Å². The normalized spacial score (nSPS) is 14.0. The number of methoxy groups -OCH3 is 1. The maximum Gasteiger partial charge on any atom is 0.119 e. The van der Waals surface area contributed by atoms with E-state index in [1.165, 1.54) is 0 Å². The van der Waals surface area contributed by atoms with Crippen molar-refractivity contribution in [3.63, 3.8) is 0 Å². The van der Waals surface area contributed by atoms with Crippen molar-refractivity contribution in [1.82, 2.24) is 4.98 Å². The largest absolute Gasteiger partial charge is 0.497 e. The topological polar surface area (TPSA) is 42.4 Å². The molecule has 1 aromatic heterocycles. The summed E-state index contributed by atoms with van der Waals surface area (Å²) in [5, 5.41) is 13.6. The number of hydrogen-bond acceptors (Lipinski definition) is 3. The van der Waals surface area contributed by atoms with Gasteiger partial charge in [-0.05, 0) is 46.5 Å². The van der Waals surface area contributed by atoms with Crippen LogP contribution in [0.25, 0.3) is 10.8 Å². The van der Waals surface area contributed by atoms with Gasteiger partial charge in [-0.25, -0.2) is 0 Å². The molecule has 1 heterocycles. The van der Waals surface area contributed by atoms with E-state index in [9.17, 15) is 5.11 Å². The monoisotopic (exact) mass is 307 g/mol. The highest BCUT2D eigenvalue weighted by Crippen LogP contribution is 2.37. The average Bonchev–Trinajstić information content (AvgIpc) is 2.60. The van der Waals surface area contributed by atoms with Crippen molar-refractivity contribution in [3.8, 4) is 5.75 Å². The lowest BCUT2D eigenvalue weighted by molar-refractivity contribution is 0.0316. The van der Waals surface area contributed by atoms with E-state index in [-0.39, 0.29) is 5.92 Å². The predicted molar refractivity (Wildman–Crippen MR) is 92.6 cm³/mol. The molecule has 0 bridgehead atoms. The van der Waals surface area contributed by atoms with Gasteiger partial charge < -0.3 is 9.84 Å². The minimum Gasteiger partial charge on any atom is -0.497 e. The van der Waals surface area contributed by atoms with E-state index in [4.69, 9.17) is 4.74 Å². The van der Waals surface area contributed by atoms with E-state index in [1.807, 2.05) is 62.4 Å². The fraction of sp³-hybridized carbons (Fsp3) is 0.250. The number of fused-ring (bicyclic) bond motifs is 1. The molecule has 1 unspecified atom stereocenters. The fourth-order valence-electron chi connectivity index (χ4n) is 3.01. The van der Waals surface area contributed by atoms with Crippen LogP contribution in [0.5, 0.6) is 5.75 Å². The number of nitrogens with zero attached hydrogens (tertiary/aromatic N) is 1. The molecule has 0 spiro atoms. The van der Waals surface area contributed by atoms with Crippen LogP contribution >= 0.6 is 0 Å². The third kappa shape index (κ3) is 2.68. The molecule has 0 aliphatic carbocycles. The zero-order valence-corrected chi connectivity index (χ0v) is 13.7. The van der Waals surface area contributed by atoms with Crippen molar-refractivity contribution in [1.29, 1.82) is 0 Å². The highest BCUT2D eigenvalue weighted by molar-refractivity contribution is 5.84. The zero-order chi connectivity index (χ0) is 16.4. The lowest BCUT2D eigenvalue weighted by Gasteiger charge is -2.33. The summed E-state index contributed by atoms with van der Waals surface area (Å²) in [5.74, 6) is 0.846. The molecule has 0 fully saturated rings. The van der Waals surface area contributed by atoms with E-state index < -0.39 is 5.60 Å². The minimum atomic E-state index is -1.07. The maximum absolute atomic E-state index is 11.4. The summed E-state index contributed by atoms with van der Waals surface area (Å²) < 4.78 is 5.27. The first kappa shape index (κ1) is 15.5. The molecule has 118 valence electrons. The summed E-state index contributed by atoms with van der Waals surface area (Å²) in [6.07, 6.45) is 3.45. The molecule has 0 aliphatic heterocycles. The van der Waals surface area contributed by atoms with Crippen molar-refractivity contribution in [2.75, 3.05) is 7.11 Å². The minimum absolute atomic E-state index is 0.0161. The van der Waals surface area contributed by atoms with Gasteiger partial charge in [0.15, 0.2) is 0 Å². The number of aromatic nitrogens is 1. The second-order valence-electron chi connectivity index (χ2n) is 6.09. The molecule has 0 saturated heterocycles. The van der Waals surface area contributed by atoms with Gasteiger partial charge in [0.1, 0.15) is 11.4 Å². The van der Waals surface area contributed by atoms with Crippen LogP contribution in [-0.2, 0) is 5.60 Å². The van der Waals surface area contributed by atoms with Gasteiger partial charge in [0.2, 0.25) is 0 Å². The van der Waals surface area contributed by atoms with Crippen molar-refractivity contribution in [3.05, 3.63) is 72.1 Å². The summed E-state index contributed by atoms with van der Waals surface area (Å²) in [6, 6.07) is 15.8. The van der Waals surface area contributed by atoms with Gasteiger partial charge >= 0.3 is 0 Å². The average molecular weight is 307 g/mol.